The first kappa shape index (κ1) is 37.9. The van der Waals surface area contributed by atoms with Gasteiger partial charge in [-0.3, -0.25) is 19.3 Å². The summed E-state index contributed by atoms with van der Waals surface area (Å²) in [5, 5.41) is 1.72. The maximum absolute atomic E-state index is 13.4. The van der Waals surface area contributed by atoms with Crippen LogP contribution in [0.3, 0.4) is 0 Å². The van der Waals surface area contributed by atoms with E-state index in [0.29, 0.717) is 30.6 Å². The summed E-state index contributed by atoms with van der Waals surface area (Å²) in [6.45, 7) is 10.00. The third kappa shape index (κ3) is 9.87. The average Bonchev–Trinajstić information content (AvgIpc) is 3.33. The molecule has 2 aliphatic rings. The summed E-state index contributed by atoms with van der Waals surface area (Å²) in [5.41, 5.74) is 1.03. The fourth-order valence-electron chi connectivity index (χ4n) is 6.74. The normalized spacial score (nSPS) is 15.2. The van der Waals surface area contributed by atoms with Gasteiger partial charge in [0, 0.05) is 41.4 Å². The van der Waals surface area contributed by atoms with Crippen molar-refractivity contribution in [2.75, 3.05) is 74.0 Å². The monoisotopic (exact) mass is 732 g/mol. The molecular formula is C35H50Br2N4O3. The second kappa shape index (κ2) is 15.8. The van der Waals surface area contributed by atoms with E-state index in [1.807, 2.05) is 41.3 Å². The molecule has 0 atom stereocenters. The van der Waals surface area contributed by atoms with Gasteiger partial charge < -0.3 is 47.8 Å². The second-order valence-corrected chi connectivity index (χ2v) is 14.4. The Labute approximate surface area is 285 Å². The minimum Gasteiger partial charge on any atom is -1.00 e. The van der Waals surface area contributed by atoms with Gasteiger partial charge in [0.15, 0.2) is 0 Å². The van der Waals surface area contributed by atoms with Crippen LogP contribution in [0.1, 0.15) is 73.1 Å². The molecule has 242 valence electrons. The van der Waals surface area contributed by atoms with Crippen molar-refractivity contribution >= 4 is 28.5 Å². The zero-order valence-electron chi connectivity index (χ0n) is 27.4. The van der Waals surface area contributed by atoms with Crippen molar-refractivity contribution in [3.05, 3.63) is 47.5 Å². The molecule has 7 nitrogen and oxygen atoms in total. The molecule has 2 aromatic carbocycles. The third-order valence-electron chi connectivity index (χ3n) is 8.65. The van der Waals surface area contributed by atoms with Gasteiger partial charge in [-0.05, 0) is 55.5 Å². The van der Waals surface area contributed by atoms with E-state index in [-0.39, 0.29) is 57.1 Å². The number of quaternary nitrogens is 2. The molecule has 2 aliphatic heterocycles. The highest BCUT2D eigenvalue weighted by molar-refractivity contribution is 6.25. The van der Waals surface area contributed by atoms with Gasteiger partial charge in [0.25, 0.3) is 11.8 Å². The Kier molecular flexibility index (Phi) is 13.7. The standard InChI is InChI=1S/C35H50N4O3.2BrH/c1-35(2,26-37-33(41)29-18-13-16-28-17-14-19-30(32(28)29)34(37)42)27-39(5,6)25-11-8-7-10-23-38(3,4)24-12-9-21-36-22-15-20-31(36)40;;/h13-14,16-19H,7-8,10-11,15,20-27H2,1-6H3;2*1H/q+2;;/p-2. The van der Waals surface area contributed by atoms with Crippen LogP contribution in [0.5, 0.6) is 0 Å². The zero-order chi connectivity index (χ0) is 30.5. The molecule has 2 aromatic rings. The SMILES string of the molecule is CC(C)(CN1C(=O)c2cccc3cccc(c23)C1=O)C[N+](C)(C)CCCCCC[N+](C)(C)CC#CCN1CCCC1=O.[Br-].[Br-]. The molecule has 1 saturated heterocycles. The van der Waals surface area contributed by atoms with Crippen LogP contribution < -0.4 is 34.0 Å². The van der Waals surface area contributed by atoms with Crippen LogP contribution in [0.15, 0.2) is 36.4 Å². The minimum absolute atomic E-state index is 0. The largest absolute Gasteiger partial charge is 1.00 e. The molecule has 1 fully saturated rings. The number of likely N-dealkylation sites (tertiary alicyclic amines) is 1. The predicted molar refractivity (Wildman–Crippen MR) is 169 cm³/mol. The van der Waals surface area contributed by atoms with Gasteiger partial charge in [0.1, 0.15) is 6.54 Å². The molecule has 3 amide bonds. The molecule has 0 saturated carbocycles. The number of hydrogen-bond donors (Lipinski definition) is 0. The first-order valence-corrected chi connectivity index (χ1v) is 15.5. The Hall–Kier alpha value is -2.25. The maximum atomic E-state index is 13.4. The van der Waals surface area contributed by atoms with Crippen molar-refractivity contribution in [2.45, 2.75) is 52.4 Å². The lowest BCUT2D eigenvalue weighted by atomic mass is 9.88. The lowest BCUT2D eigenvalue weighted by Gasteiger charge is -2.40. The van der Waals surface area contributed by atoms with Crippen LogP contribution in [-0.2, 0) is 4.79 Å². The number of halogens is 2. The number of amides is 3. The number of benzene rings is 2. The summed E-state index contributed by atoms with van der Waals surface area (Å²) < 4.78 is 1.73. The fraction of sp³-hybridized carbons (Fsp3) is 0.571. The Morgan fingerprint density at radius 2 is 1.36 bits per heavy atom. The smallest absolute Gasteiger partial charge is 0.261 e. The molecule has 2 heterocycles. The summed E-state index contributed by atoms with van der Waals surface area (Å²) >= 11 is 0. The molecule has 0 spiro atoms. The van der Waals surface area contributed by atoms with Crippen molar-refractivity contribution in [1.29, 1.82) is 0 Å². The topological polar surface area (TPSA) is 57.7 Å². The van der Waals surface area contributed by atoms with Gasteiger partial charge in [-0.1, -0.05) is 44.0 Å². The molecule has 0 aromatic heterocycles. The predicted octanol–water partition coefficient (Wildman–Crippen LogP) is -1.19. The van der Waals surface area contributed by atoms with Crippen LogP contribution in [0.4, 0.5) is 0 Å². The zero-order valence-corrected chi connectivity index (χ0v) is 30.6. The average molecular weight is 735 g/mol. The third-order valence-corrected chi connectivity index (χ3v) is 8.65. The Balaban J connectivity index is 0.00000337. The van der Waals surface area contributed by atoms with E-state index >= 15 is 0 Å². The van der Waals surface area contributed by atoms with Crippen molar-refractivity contribution in [3.63, 3.8) is 0 Å². The quantitative estimate of drug-likeness (QED) is 0.113. The van der Waals surface area contributed by atoms with E-state index in [2.05, 4.69) is 53.9 Å². The molecule has 0 unspecified atom stereocenters. The van der Waals surface area contributed by atoms with Crippen LogP contribution in [0.25, 0.3) is 10.8 Å². The number of unbranched alkanes of at least 4 members (excludes halogenated alkanes) is 3. The Morgan fingerprint density at radius 1 is 0.795 bits per heavy atom. The number of carbonyl (C=O) groups excluding carboxylic acids is 3. The fourth-order valence-corrected chi connectivity index (χ4v) is 6.74. The van der Waals surface area contributed by atoms with E-state index < -0.39 is 0 Å². The number of hydrogen-bond acceptors (Lipinski definition) is 3. The van der Waals surface area contributed by atoms with Gasteiger partial charge in [-0.25, -0.2) is 0 Å². The summed E-state index contributed by atoms with van der Waals surface area (Å²) in [6.07, 6.45) is 6.34. The van der Waals surface area contributed by atoms with Gasteiger partial charge in [0.05, 0.1) is 54.4 Å². The van der Waals surface area contributed by atoms with Crippen molar-refractivity contribution in [2.24, 2.45) is 5.41 Å². The molecule has 44 heavy (non-hydrogen) atoms. The maximum Gasteiger partial charge on any atom is 0.261 e. The van der Waals surface area contributed by atoms with Gasteiger partial charge in [-0.15, -0.1) is 0 Å². The van der Waals surface area contributed by atoms with E-state index in [0.717, 1.165) is 65.3 Å². The molecule has 0 bridgehead atoms. The van der Waals surface area contributed by atoms with Gasteiger partial charge >= 0.3 is 0 Å². The highest BCUT2D eigenvalue weighted by Gasteiger charge is 2.38. The Bertz CT molecular complexity index is 1340. The van der Waals surface area contributed by atoms with Crippen LogP contribution in [0, 0.1) is 17.3 Å². The summed E-state index contributed by atoms with van der Waals surface area (Å²) in [6, 6.07) is 11.4. The van der Waals surface area contributed by atoms with Crippen LogP contribution >= 0.6 is 0 Å². The van der Waals surface area contributed by atoms with Gasteiger partial charge in [-0.2, -0.15) is 0 Å². The van der Waals surface area contributed by atoms with E-state index in [9.17, 15) is 14.4 Å². The molecule has 0 radical (unpaired) electrons. The van der Waals surface area contributed by atoms with Crippen molar-refractivity contribution < 1.29 is 57.3 Å². The van der Waals surface area contributed by atoms with E-state index in [1.54, 1.807) is 0 Å². The molecule has 4 rings (SSSR count). The van der Waals surface area contributed by atoms with E-state index in [1.165, 1.54) is 24.2 Å². The van der Waals surface area contributed by atoms with Gasteiger partial charge in [0.2, 0.25) is 5.91 Å². The summed E-state index contributed by atoms with van der Waals surface area (Å²) in [7, 11) is 8.97. The number of rotatable bonds is 13. The lowest BCUT2D eigenvalue weighted by molar-refractivity contribution is -0.896. The number of nitrogens with zero attached hydrogens (tertiary/aromatic N) is 4. The second-order valence-electron chi connectivity index (χ2n) is 14.4. The highest BCUT2D eigenvalue weighted by Crippen LogP contribution is 2.32. The van der Waals surface area contributed by atoms with Crippen molar-refractivity contribution in [1.82, 2.24) is 9.80 Å². The van der Waals surface area contributed by atoms with Crippen molar-refractivity contribution in [3.8, 4) is 11.8 Å². The molecule has 9 heteroatoms. The molecular weight excluding hydrogens is 684 g/mol. The number of carbonyl (C=O) groups is 3. The molecule has 0 aliphatic carbocycles. The van der Waals surface area contributed by atoms with Crippen LogP contribution in [-0.4, -0.2) is 110 Å². The molecule has 0 N–H and O–H groups in total. The Morgan fingerprint density at radius 3 is 1.91 bits per heavy atom. The summed E-state index contributed by atoms with van der Waals surface area (Å²) in [5.74, 6) is 6.36. The van der Waals surface area contributed by atoms with E-state index in [4.69, 9.17) is 0 Å². The first-order chi connectivity index (χ1) is 19.8. The lowest BCUT2D eigenvalue weighted by Crippen LogP contribution is -3.00. The summed E-state index contributed by atoms with van der Waals surface area (Å²) in [4.78, 5) is 41.9. The van der Waals surface area contributed by atoms with Crippen LogP contribution in [0.2, 0.25) is 0 Å². The number of imide groups is 1. The highest BCUT2D eigenvalue weighted by atomic mass is 79.9. The minimum atomic E-state index is -0.223. The first-order valence-electron chi connectivity index (χ1n) is 15.5.